The lowest BCUT2D eigenvalue weighted by Gasteiger charge is -2.19. The number of hydrogen-bond acceptors (Lipinski definition) is 5. The van der Waals surface area contributed by atoms with Gasteiger partial charge in [-0.3, -0.25) is 4.79 Å². The van der Waals surface area contributed by atoms with Gasteiger partial charge < -0.3 is 15.5 Å². The molecule has 3 rings (SSSR count). The van der Waals surface area contributed by atoms with Crippen LogP contribution in [0.4, 0.5) is 0 Å². The summed E-state index contributed by atoms with van der Waals surface area (Å²) in [7, 11) is -3.54. The van der Waals surface area contributed by atoms with Gasteiger partial charge in [-0.15, -0.1) is 0 Å². The third-order valence-corrected chi connectivity index (χ3v) is 6.36. The normalized spacial score (nSPS) is 20.5. The molecule has 1 aromatic carbocycles. The van der Waals surface area contributed by atoms with Crippen LogP contribution in [0.2, 0.25) is 0 Å². The van der Waals surface area contributed by atoms with Gasteiger partial charge >= 0.3 is 0 Å². The average Bonchev–Trinajstić information content (AvgIpc) is 3.24. The Balaban J connectivity index is 1.75. The van der Waals surface area contributed by atoms with Crippen molar-refractivity contribution in [2.24, 2.45) is 11.7 Å². The Hall–Kier alpha value is -2.12. The van der Waals surface area contributed by atoms with Gasteiger partial charge in [0.05, 0.1) is 16.9 Å². The summed E-state index contributed by atoms with van der Waals surface area (Å²) in [5, 5.41) is 2.94. The van der Waals surface area contributed by atoms with Crippen LogP contribution in [0.25, 0.3) is 0 Å². The minimum Gasteiger partial charge on any atom is -0.459 e. The molecule has 1 aliphatic rings. The smallest absolute Gasteiger partial charge is 0.287 e. The molecule has 1 saturated carbocycles. The second kappa shape index (κ2) is 7.41. The van der Waals surface area contributed by atoms with Gasteiger partial charge in [0.25, 0.3) is 5.91 Å². The van der Waals surface area contributed by atoms with Gasteiger partial charge in [-0.1, -0.05) is 24.6 Å². The zero-order chi connectivity index (χ0) is 17.9. The summed E-state index contributed by atoms with van der Waals surface area (Å²) in [4.78, 5) is 12.7. The van der Waals surface area contributed by atoms with Gasteiger partial charge in [-0.05, 0) is 43.5 Å². The molecule has 0 saturated heterocycles. The molecule has 0 spiro atoms. The van der Waals surface area contributed by atoms with E-state index in [1.54, 1.807) is 30.3 Å². The predicted molar refractivity (Wildman–Crippen MR) is 93.7 cm³/mol. The molecule has 134 valence electrons. The van der Waals surface area contributed by atoms with Crippen molar-refractivity contribution in [1.29, 1.82) is 0 Å². The van der Waals surface area contributed by atoms with E-state index in [0.29, 0.717) is 12.1 Å². The first-order valence-electron chi connectivity index (χ1n) is 8.36. The van der Waals surface area contributed by atoms with E-state index >= 15 is 0 Å². The first-order valence-corrected chi connectivity index (χ1v) is 10.0. The zero-order valence-electron chi connectivity index (χ0n) is 13.9. The minimum absolute atomic E-state index is 0.0150. The lowest BCUT2D eigenvalue weighted by Crippen LogP contribution is -2.40. The lowest BCUT2D eigenvalue weighted by molar-refractivity contribution is 0.0899. The monoisotopic (exact) mass is 362 g/mol. The summed E-state index contributed by atoms with van der Waals surface area (Å²) in [5.41, 5.74) is 6.11. The van der Waals surface area contributed by atoms with Crippen molar-refractivity contribution >= 4 is 15.7 Å². The number of carbonyl (C=O) groups excluding carboxylic acids is 1. The largest absolute Gasteiger partial charge is 0.459 e. The molecule has 0 bridgehead atoms. The van der Waals surface area contributed by atoms with Gasteiger partial charge in [0.2, 0.25) is 0 Å². The number of nitrogens with two attached hydrogens (primary N) is 1. The van der Waals surface area contributed by atoms with Crippen LogP contribution in [-0.4, -0.2) is 26.9 Å². The molecule has 1 aliphatic carbocycles. The molecule has 0 aliphatic heterocycles. The Labute approximate surface area is 147 Å². The first-order chi connectivity index (χ1) is 12.0. The molecule has 1 fully saturated rings. The van der Waals surface area contributed by atoms with Crippen molar-refractivity contribution in [3.63, 3.8) is 0 Å². The number of amides is 1. The van der Waals surface area contributed by atoms with Crippen LogP contribution >= 0.6 is 0 Å². The van der Waals surface area contributed by atoms with Crippen molar-refractivity contribution in [1.82, 2.24) is 5.32 Å². The molecule has 2 atom stereocenters. The van der Waals surface area contributed by atoms with Crippen LogP contribution in [-0.2, 0) is 15.6 Å². The molecule has 25 heavy (non-hydrogen) atoms. The molecular formula is C18H22N2O4S. The standard InChI is InChI=1S/C18H22N2O4S/c19-11-13-5-4-8-16(13)20-18(21)17-14(9-10-24-17)12-25(22,23)15-6-2-1-3-7-15/h1-3,6-7,9-10,13,16H,4-5,8,11-12,19H2,(H,20,21). The van der Waals surface area contributed by atoms with Crippen molar-refractivity contribution in [2.75, 3.05) is 6.54 Å². The number of rotatable bonds is 6. The highest BCUT2D eigenvalue weighted by atomic mass is 32.2. The predicted octanol–water partition coefficient (Wildman–Crippen LogP) is 2.11. The van der Waals surface area contributed by atoms with Crippen LogP contribution in [0.15, 0.2) is 52.0 Å². The van der Waals surface area contributed by atoms with E-state index in [9.17, 15) is 13.2 Å². The molecule has 7 heteroatoms. The Morgan fingerprint density at radius 3 is 2.68 bits per heavy atom. The third kappa shape index (κ3) is 3.93. The summed E-state index contributed by atoms with van der Waals surface area (Å²) in [5.74, 6) is -0.340. The molecular weight excluding hydrogens is 340 g/mol. The first kappa shape index (κ1) is 17.7. The van der Waals surface area contributed by atoms with Gasteiger partial charge in [-0.25, -0.2) is 8.42 Å². The number of benzene rings is 1. The molecule has 3 N–H and O–H groups in total. The molecule has 6 nitrogen and oxygen atoms in total. The SMILES string of the molecule is NCC1CCCC1NC(=O)c1occc1CS(=O)(=O)c1ccccc1. The van der Waals surface area contributed by atoms with Gasteiger partial charge in [0.1, 0.15) is 0 Å². The zero-order valence-corrected chi connectivity index (χ0v) is 14.7. The number of sulfone groups is 1. The highest BCUT2D eigenvalue weighted by Gasteiger charge is 2.30. The van der Waals surface area contributed by atoms with Crippen molar-refractivity contribution < 1.29 is 17.6 Å². The Morgan fingerprint density at radius 2 is 1.96 bits per heavy atom. The maximum Gasteiger partial charge on any atom is 0.287 e. The van der Waals surface area contributed by atoms with Crippen LogP contribution in [0, 0.1) is 5.92 Å². The molecule has 2 aromatic rings. The third-order valence-electron chi connectivity index (χ3n) is 4.68. The fourth-order valence-electron chi connectivity index (χ4n) is 3.31. The van der Waals surface area contributed by atoms with E-state index in [0.717, 1.165) is 19.3 Å². The van der Waals surface area contributed by atoms with Gasteiger partial charge in [0.15, 0.2) is 15.6 Å². The summed E-state index contributed by atoms with van der Waals surface area (Å²) < 4.78 is 30.3. The lowest BCUT2D eigenvalue weighted by atomic mass is 10.0. The molecule has 2 unspecified atom stereocenters. The second-order valence-electron chi connectivity index (χ2n) is 6.35. The van der Waals surface area contributed by atoms with Crippen LogP contribution in [0.3, 0.4) is 0 Å². The van der Waals surface area contributed by atoms with E-state index in [4.69, 9.17) is 10.2 Å². The van der Waals surface area contributed by atoms with E-state index in [1.165, 1.54) is 12.3 Å². The maximum atomic E-state index is 12.5. The number of furan rings is 1. The van der Waals surface area contributed by atoms with Crippen molar-refractivity contribution in [3.05, 3.63) is 54.0 Å². The Morgan fingerprint density at radius 1 is 1.20 bits per heavy atom. The summed E-state index contributed by atoms with van der Waals surface area (Å²) in [6, 6.07) is 9.72. The van der Waals surface area contributed by atoms with Gasteiger partial charge in [-0.2, -0.15) is 0 Å². The summed E-state index contributed by atoms with van der Waals surface area (Å²) in [6.07, 6.45) is 4.25. The van der Waals surface area contributed by atoms with Crippen LogP contribution < -0.4 is 11.1 Å². The van der Waals surface area contributed by atoms with Gasteiger partial charge in [0, 0.05) is 11.6 Å². The highest BCUT2D eigenvalue weighted by Crippen LogP contribution is 2.26. The number of hydrogen-bond donors (Lipinski definition) is 2. The molecule has 0 radical (unpaired) electrons. The fourth-order valence-corrected chi connectivity index (χ4v) is 4.68. The fraction of sp³-hybridized carbons (Fsp3) is 0.389. The Kier molecular flexibility index (Phi) is 5.24. The Bertz CT molecular complexity index is 830. The van der Waals surface area contributed by atoms with Crippen LogP contribution in [0.1, 0.15) is 35.4 Å². The molecule has 1 amide bonds. The quantitative estimate of drug-likeness (QED) is 0.819. The van der Waals surface area contributed by atoms with E-state index in [2.05, 4.69) is 5.32 Å². The topological polar surface area (TPSA) is 102 Å². The van der Waals surface area contributed by atoms with Crippen LogP contribution in [0.5, 0.6) is 0 Å². The summed E-state index contributed by atoms with van der Waals surface area (Å²) >= 11 is 0. The van der Waals surface area contributed by atoms with E-state index in [1.807, 2.05) is 0 Å². The minimum atomic E-state index is -3.54. The average molecular weight is 362 g/mol. The van der Waals surface area contributed by atoms with Crippen molar-refractivity contribution in [2.45, 2.75) is 36.0 Å². The highest BCUT2D eigenvalue weighted by molar-refractivity contribution is 7.90. The van der Waals surface area contributed by atoms with Crippen molar-refractivity contribution in [3.8, 4) is 0 Å². The number of carbonyl (C=O) groups is 1. The summed E-state index contributed by atoms with van der Waals surface area (Å²) in [6.45, 7) is 0.526. The van der Waals surface area contributed by atoms with E-state index < -0.39 is 9.84 Å². The van der Waals surface area contributed by atoms with E-state index in [-0.39, 0.29) is 34.3 Å². The number of nitrogens with one attached hydrogen (secondary N) is 1. The molecule has 1 aromatic heterocycles. The maximum absolute atomic E-state index is 12.5. The molecule has 1 heterocycles. The second-order valence-corrected chi connectivity index (χ2v) is 8.34.